The van der Waals surface area contributed by atoms with Gasteiger partial charge in [0.15, 0.2) is 8.68 Å². The van der Waals surface area contributed by atoms with E-state index in [0.29, 0.717) is 11.2 Å². The van der Waals surface area contributed by atoms with Crippen LogP contribution in [0.1, 0.15) is 32.1 Å². The van der Waals surface area contributed by atoms with Gasteiger partial charge in [0.2, 0.25) is 0 Å². The number of thioether (sulfide) groups is 2. The molecule has 0 aromatic carbocycles. The quantitative estimate of drug-likeness (QED) is 0.681. The summed E-state index contributed by atoms with van der Waals surface area (Å²) in [6, 6.07) is 0. The fourth-order valence-electron chi connectivity index (χ4n) is 2.23. The maximum Gasteiger partial charge on any atom is 0.175 e. The monoisotopic (exact) mass is 289 g/mol. The van der Waals surface area contributed by atoms with Crippen LogP contribution in [0.5, 0.6) is 0 Å². The molecule has 1 aromatic heterocycles. The lowest BCUT2D eigenvalue weighted by molar-refractivity contribution is 0.483. The average molecular weight is 289 g/mol. The molecular formula is C11H19N3S3. The van der Waals surface area contributed by atoms with Crippen molar-refractivity contribution in [2.24, 2.45) is 11.7 Å². The Labute approximate surface area is 115 Å². The van der Waals surface area contributed by atoms with E-state index in [4.69, 9.17) is 5.73 Å². The Morgan fingerprint density at radius 2 is 2.00 bits per heavy atom. The predicted octanol–water partition coefficient (Wildman–Crippen LogP) is 3.26. The number of rotatable bonds is 4. The molecule has 2 atom stereocenters. The lowest BCUT2D eigenvalue weighted by Gasteiger charge is -2.21. The lowest BCUT2D eigenvalue weighted by atomic mass is 10.0. The van der Waals surface area contributed by atoms with Crippen LogP contribution in [0.25, 0.3) is 0 Å². The molecule has 2 N–H and O–H groups in total. The van der Waals surface area contributed by atoms with Gasteiger partial charge in [-0.3, -0.25) is 0 Å². The van der Waals surface area contributed by atoms with Crippen molar-refractivity contribution in [3.05, 3.63) is 0 Å². The Morgan fingerprint density at radius 3 is 2.71 bits per heavy atom. The highest BCUT2D eigenvalue weighted by atomic mass is 32.2. The summed E-state index contributed by atoms with van der Waals surface area (Å²) in [6.45, 7) is 0.811. The van der Waals surface area contributed by atoms with Gasteiger partial charge in [-0.25, -0.2) is 0 Å². The molecule has 17 heavy (non-hydrogen) atoms. The van der Waals surface area contributed by atoms with Crippen molar-refractivity contribution in [2.75, 3.05) is 12.8 Å². The fraction of sp³-hybridized carbons (Fsp3) is 0.818. The summed E-state index contributed by atoms with van der Waals surface area (Å²) in [4.78, 5) is 0. The van der Waals surface area contributed by atoms with E-state index in [-0.39, 0.29) is 0 Å². The topological polar surface area (TPSA) is 51.8 Å². The largest absolute Gasteiger partial charge is 0.330 e. The van der Waals surface area contributed by atoms with Crippen molar-refractivity contribution in [2.45, 2.75) is 46.0 Å². The van der Waals surface area contributed by atoms with Crippen LogP contribution < -0.4 is 5.73 Å². The van der Waals surface area contributed by atoms with Crippen molar-refractivity contribution in [3.8, 4) is 0 Å². The lowest BCUT2D eigenvalue weighted by Crippen LogP contribution is -2.24. The summed E-state index contributed by atoms with van der Waals surface area (Å²) < 4.78 is 2.17. The van der Waals surface area contributed by atoms with E-state index < -0.39 is 0 Å². The molecule has 0 spiro atoms. The van der Waals surface area contributed by atoms with E-state index in [1.54, 1.807) is 23.1 Å². The van der Waals surface area contributed by atoms with Gasteiger partial charge >= 0.3 is 0 Å². The Hall–Kier alpha value is 0.220. The van der Waals surface area contributed by atoms with Crippen molar-refractivity contribution in [1.29, 1.82) is 0 Å². The van der Waals surface area contributed by atoms with Gasteiger partial charge in [-0.2, -0.15) is 0 Å². The smallest absolute Gasteiger partial charge is 0.175 e. The van der Waals surface area contributed by atoms with Crippen LogP contribution in [-0.4, -0.2) is 28.2 Å². The van der Waals surface area contributed by atoms with Crippen LogP contribution in [0.4, 0.5) is 0 Å². The number of hydrogen-bond donors (Lipinski definition) is 1. The van der Waals surface area contributed by atoms with Crippen LogP contribution in [0.15, 0.2) is 8.68 Å². The molecule has 0 bridgehead atoms. The molecule has 0 radical (unpaired) electrons. The Balaban J connectivity index is 1.99. The zero-order valence-corrected chi connectivity index (χ0v) is 12.5. The number of aromatic nitrogens is 2. The van der Waals surface area contributed by atoms with Crippen molar-refractivity contribution in [1.82, 2.24) is 10.2 Å². The van der Waals surface area contributed by atoms with E-state index in [1.807, 2.05) is 18.0 Å². The van der Waals surface area contributed by atoms with Crippen LogP contribution in [-0.2, 0) is 0 Å². The zero-order chi connectivity index (χ0) is 12.1. The van der Waals surface area contributed by atoms with Crippen LogP contribution in [0, 0.1) is 5.92 Å². The van der Waals surface area contributed by atoms with Gasteiger partial charge in [0.05, 0.1) is 0 Å². The second-order valence-corrected chi connectivity index (χ2v) is 7.85. The number of nitrogens with zero attached hydrogens (tertiary/aromatic N) is 2. The third kappa shape index (κ3) is 3.84. The Kier molecular flexibility index (Phi) is 5.59. The third-order valence-electron chi connectivity index (χ3n) is 3.21. The standard InChI is InChI=1S/C11H19N3S3/c1-15-10-13-14-11(17-10)16-9-6-4-2-3-5-8(9)7-12/h8-9H,2-7,12H2,1H3. The van der Waals surface area contributed by atoms with Gasteiger partial charge in [0.1, 0.15) is 0 Å². The molecule has 1 saturated carbocycles. The zero-order valence-electron chi connectivity index (χ0n) is 10.1. The minimum atomic E-state index is 0.644. The van der Waals surface area contributed by atoms with Crippen molar-refractivity contribution in [3.63, 3.8) is 0 Å². The molecule has 0 aliphatic heterocycles. The molecule has 3 nitrogen and oxygen atoms in total. The van der Waals surface area contributed by atoms with E-state index in [1.165, 1.54) is 32.1 Å². The second kappa shape index (κ2) is 6.97. The van der Waals surface area contributed by atoms with Gasteiger partial charge in [-0.05, 0) is 31.6 Å². The highest BCUT2D eigenvalue weighted by Crippen LogP contribution is 2.38. The van der Waals surface area contributed by atoms with E-state index in [2.05, 4.69) is 10.2 Å². The van der Waals surface area contributed by atoms with Gasteiger partial charge in [-0.15, -0.1) is 10.2 Å². The van der Waals surface area contributed by atoms with Crippen molar-refractivity contribution >= 4 is 34.9 Å². The first-order valence-electron chi connectivity index (χ1n) is 6.07. The fourth-order valence-corrected chi connectivity index (χ4v) is 5.27. The molecule has 1 fully saturated rings. The molecule has 1 aromatic rings. The molecular weight excluding hydrogens is 270 g/mol. The summed E-state index contributed by atoms with van der Waals surface area (Å²) >= 11 is 5.28. The molecule has 2 rings (SSSR count). The van der Waals surface area contributed by atoms with Crippen molar-refractivity contribution < 1.29 is 0 Å². The average Bonchev–Trinajstić information content (AvgIpc) is 2.68. The summed E-state index contributed by atoms with van der Waals surface area (Å²) in [6.07, 6.45) is 8.64. The normalized spacial score (nSPS) is 25.8. The molecule has 6 heteroatoms. The Bertz CT molecular complexity index is 342. The molecule has 1 heterocycles. The van der Waals surface area contributed by atoms with Gasteiger partial charge in [-0.1, -0.05) is 54.1 Å². The number of nitrogens with two attached hydrogens (primary N) is 1. The minimum Gasteiger partial charge on any atom is -0.330 e. The first-order valence-corrected chi connectivity index (χ1v) is 8.99. The molecule has 1 aliphatic carbocycles. The highest BCUT2D eigenvalue weighted by Gasteiger charge is 2.24. The molecule has 96 valence electrons. The van der Waals surface area contributed by atoms with Crippen LogP contribution in [0.2, 0.25) is 0 Å². The van der Waals surface area contributed by atoms with E-state index in [0.717, 1.165) is 15.2 Å². The van der Waals surface area contributed by atoms with Crippen LogP contribution >= 0.6 is 34.9 Å². The summed E-state index contributed by atoms with van der Waals surface area (Å²) in [7, 11) is 0. The first-order chi connectivity index (χ1) is 8.33. The molecule has 0 amide bonds. The van der Waals surface area contributed by atoms with Gasteiger partial charge < -0.3 is 5.73 Å². The summed E-state index contributed by atoms with van der Waals surface area (Å²) in [5, 5.41) is 9.05. The second-order valence-electron chi connectivity index (χ2n) is 4.33. The third-order valence-corrected chi connectivity index (χ3v) is 6.65. The molecule has 1 aliphatic rings. The van der Waals surface area contributed by atoms with Gasteiger partial charge in [0.25, 0.3) is 0 Å². The maximum absolute atomic E-state index is 5.90. The van der Waals surface area contributed by atoms with Gasteiger partial charge in [0, 0.05) is 5.25 Å². The minimum absolute atomic E-state index is 0.644. The predicted molar refractivity (Wildman–Crippen MR) is 77.0 cm³/mol. The molecule has 0 saturated heterocycles. The SMILES string of the molecule is CSc1nnc(SC2CCCCCC2CN)s1. The summed E-state index contributed by atoms with van der Waals surface area (Å²) in [5.41, 5.74) is 5.90. The van der Waals surface area contributed by atoms with Crippen LogP contribution in [0.3, 0.4) is 0 Å². The maximum atomic E-state index is 5.90. The van der Waals surface area contributed by atoms with E-state index in [9.17, 15) is 0 Å². The Morgan fingerprint density at radius 1 is 1.24 bits per heavy atom. The summed E-state index contributed by atoms with van der Waals surface area (Å²) in [5.74, 6) is 0.657. The first kappa shape index (κ1) is 13.6. The number of hydrogen-bond acceptors (Lipinski definition) is 6. The van der Waals surface area contributed by atoms with E-state index >= 15 is 0 Å². The molecule has 2 unspecified atom stereocenters. The highest BCUT2D eigenvalue weighted by molar-refractivity contribution is 8.03.